The van der Waals surface area contributed by atoms with Gasteiger partial charge >= 0.3 is 15.5 Å². The van der Waals surface area contributed by atoms with Crippen LogP contribution in [-0.2, 0) is 10.0 Å². The lowest BCUT2D eigenvalue weighted by Crippen LogP contribution is -2.51. The van der Waals surface area contributed by atoms with Crippen LogP contribution in [0.2, 0.25) is 0 Å². The first-order chi connectivity index (χ1) is 11.6. The van der Waals surface area contributed by atoms with Gasteiger partial charge in [0.05, 0.1) is 0 Å². The molecule has 0 aromatic carbocycles. The first-order valence-corrected chi connectivity index (χ1v) is 10.1. The van der Waals surface area contributed by atoms with Gasteiger partial charge in [0.2, 0.25) is 0 Å². The third kappa shape index (κ3) is 7.01. The number of sulfonamides is 1. The van der Waals surface area contributed by atoms with E-state index in [0.717, 1.165) is 12.8 Å². The van der Waals surface area contributed by atoms with E-state index in [1.807, 2.05) is 6.92 Å². The monoisotopic (exact) mass is 386 g/mol. The van der Waals surface area contributed by atoms with E-state index in [9.17, 15) is 21.6 Å². The molecule has 0 saturated carbocycles. The van der Waals surface area contributed by atoms with Crippen LogP contribution in [0.15, 0.2) is 4.99 Å². The van der Waals surface area contributed by atoms with E-state index in [-0.39, 0.29) is 19.1 Å². The highest BCUT2D eigenvalue weighted by Gasteiger charge is 2.50. The van der Waals surface area contributed by atoms with E-state index in [2.05, 4.69) is 29.5 Å². The van der Waals surface area contributed by atoms with Crippen LogP contribution >= 0.6 is 0 Å². The second-order valence-electron chi connectivity index (χ2n) is 6.57. The number of aliphatic imine (C=N–C) groups is 1. The minimum atomic E-state index is -5.24. The Balaban J connectivity index is 2.53. The lowest BCUT2D eigenvalue weighted by molar-refractivity contribution is -0.0494. The molecule has 0 bridgehead atoms. The number of hydrogen-bond donors (Lipinski definition) is 2. The van der Waals surface area contributed by atoms with Gasteiger partial charge in [0.25, 0.3) is 0 Å². The maximum Gasteiger partial charge on any atom is 0.511 e. The summed E-state index contributed by atoms with van der Waals surface area (Å²) in [7, 11) is -5.23. The fraction of sp³-hybridized carbons (Fsp3) is 0.933. The third-order valence-electron chi connectivity index (χ3n) is 3.98. The number of guanidine groups is 1. The van der Waals surface area contributed by atoms with Crippen molar-refractivity contribution in [2.24, 2.45) is 10.9 Å². The Hall–Kier alpha value is -1.03. The van der Waals surface area contributed by atoms with Crippen LogP contribution in [0, 0.1) is 5.92 Å². The van der Waals surface area contributed by atoms with Crippen molar-refractivity contribution in [2.75, 3.05) is 26.2 Å². The van der Waals surface area contributed by atoms with Crippen molar-refractivity contribution in [2.45, 2.75) is 58.0 Å². The van der Waals surface area contributed by atoms with Gasteiger partial charge < -0.3 is 10.6 Å². The van der Waals surface area contributed by atoms with Gasteiger partial charge in [0.1, 0.15) is 0 Å². The Morgan fingerprint density at radius 1 is 1.28 bits per heavy atom. The summed E-state index contributed by atoms with van der Waals surface area (Å²) in [5.74, 6) is 1.24. The van der Waals surface area contributed by atoms with E-state index in [4.69, 9.17) is 0 Å². The molecule has 2 N–H and O–H groups in total. The highest BCUT2D eigenvalue weighted by Crippen LogP contribution is 2.28. The molecule has 1 fully saturated rings. The maximum absolute atomic E-state index is 12.6. The Morgan fingerprint density at radius 3 is 2.36 bits per heavy atom. The van der Waals surface area contributed by atoms with E-state index in [0.29, 0.717) is 42.1 Å². The molecule has 0 spiro atoms. The highest BCUT2D eigenvalue weighted by molar-refractivity contribution is 7.90. The van der Waals surface area contributed by atoms with Gasteiger partial charge in [-0.3, -0.25) is 4.99 Å². The lowest BCUT2D eigenvalue weighted by Gasteiger charge is -2.32. The fourth-order valence-electron chi connectivity index (χ4n) is 2.59. The van der Waals surface area contributed by atoms with Gasteiger partial charge in [-0.2, -0.15) is 17.5 Å². The van der Waals surface area contributed by atoms with Crippen molar-refractivity contribution in [3.8, 4) is 0 Å². The molecule has 1 saturated heterocycles. The summed E-state index contributed by atoms with van der Waals surface area (Å²) in [6.45, 7) is 7.29. The summed E-state index contributed by atoms with van der Waals surface area (Å²) in [5.41, 5.74) is -5.24. The summed E-state index contributed by atoms with van der Waals surface area (Å²) in [6, 6.07) is -0.0948. The number of halogens is 3. The summed E-state index contributed by atoms with van der Waals surface area (Å²) in [4.78, 5) is 4.47. The van der Waals surface area contributed by atoms with Crippen molar-refractivity contribution in [3.63, 3.8) is 0 Å². The molecule has 1 aliphatic heterocycles. The molecule has 0 amide bonds. The number of alkyl halides is 3. The third-order valence-corrected chi connectivity index (χ3v) is 5.61. The summed E-state index contributed by atoms with van der Waals surface area (Å²) < 4.78 is 61.1. The van der Waals surface area contributed by atoms with Crippen molar-refractivity contribution in [3.05, 3.63) is 0 Å². The van der Waals surface area contributed by atoms with Crippen LogP contribution in [0.4, 0.5) is 13.2 Å². The molecule has 148 valence electrons. The van der Waals surface area contributed by atoms with Gasteiger partial charge in [-0.05, 0) is 38.5 Å². The van der Waals surface area contributed by atoms with E-state index in [1.165, 1.54) is 0 Å². The van der Waals surface area contributed by atoms with E-state index >= 15 is 0 Å². The Labute approximate surface area is 148 Å². The molecule has 1 heterocycles. The summed E-state index contributed by atoms with van der Waals surface area (Å²) in [6.07, 6.45) is 2.67. The molecule has 25 heavy (non-hydrogen) atoms. The summed E-state index contributed by atoms with van der Waals surface area (Å²) in [5, 5.41) is 6.30. The molecular formula is C15H29F3N4O2S. The number of hydrogen-bond acceptors (Lipinski definition) is 3. The predicted octanol–water partition coefficient (Wildman–Crippen LogP) is 2.29. The molecule has 0 aromatic rings. The molecule has 0 aromatic heterocycles. The van der Waals surface area contributed by atoms with Crippen molar-refractivity contribution >= 4 is 16.0 Å². The molecular weight excluding hydrogens is 357 g/mol. The first-order valence-electron chi connectivity index (χ1n) is 8.69. The van der Waals surface area contributed by atoms with E-state index < -0.39 is 15.5 Å². The van der Waals surface area contributed by atoms with Crippen LogP contribution in [0.3, 0.4) is 0 Å². The van der Waals surface area contributed by atoms with Crippen molar-refractivity contribution in [1.82, 2.24) is 14.9 Å². The van der Waals surface area contributed by atoms with Crippen molar-refractivity contribution in [1.29, 1.82) is 0 Å². The fourth-order valence-corrected chi connectivity index (χ4v) is 3.57. The normalized spacial score (nSPS) is 18.6. The first kappa shape index (κ1) is 22.0. The van der Waals surface area contributed by atoms with Crippen LogP contribution in [-0.4, -0.2) is 56.4 Å². The molecule has 0 aliphatic carbocycles. The minimum absolute atomic E-state index is 0.0948. The average Bonchev–Trinajstić information content (AvgIpc) is 2.51. The number of nitrogens with zero attached hydrogens (tertiary/aromatic N) is 2. The van der Waals surface area contributed by atoms with Crippen LogP contribution in [0.25, 0.3) is 0 Å². The van der Waals surface area contributed by atoms with Crippen LogP contribution < -0.4 is 10.6 Å². The van der Waals surface area contributed by atoms with Gasteiger partial charge in [0.15, 0.2) is 5.96 Å². The zero-order chi connectivity index (χ0) is 19.1. The van der Waals surface area contributed by atoms with Crippen molar-refractivity contribution < 1.29 is 21.6 Å². The molecule has 0 atom stereocenters. The predicted molar refractivity (Wildman–Crippen MR) is 92.8 cm³/mol. The SMILES string of the molecule is CCNC(=NCCCC(C)C)NC1CCN(S(=O)(=O)C(F)(F)F)CC1. The van der Waals surface area contributed by atoms with E-state index in [1.54, 1.807) is 0 Å². The number of nitrogens with one attached hydrogen (secondary N) is 2. The standard InChI is InChI=1S/C15H29F3N4O2S/c1-4-19-14(20-9-5-6-12(2)3)21-13-7-10-22(11-8-13)25(23,24)15(16,17)18/h12-13H,4-11H2,1-3H3,(H2,19,20,21). The zero-order valence-electron chi connectivity index (χ0n) is 15.1. The lowest BCUT2D eigenvalue weighted by atomic mass is 10.1. The molecule has 1 rings (SSSR count). The Morgan fingerprint density at radius 2 is 1.88 bits per heavy atom. The van der Waals surface area contributed by atoms with Gasteiger partial charge in [-0.1, -0.05) is 13.8 Å². The molecule has 6 nitrogen and oxygen atoms in total. The van der Waals surface area contributed by atoms with Gasteiger partial charge in [-0.15, -0.1) is 0 Å². The average molecular weight is 386 g/mol. The summed E-state index contributed by atoms with van der Waals surface area (Å²) >= 11 is 0. The van der Waals surface area contributed by atoms with Gasteiger partial charge in [-0.25, -0.2) is 8.42 Å². The number of rotatable bonds is 7. The minimum Gasteiger partial charge on any atom is -0.357 e. The Kier molecular flexibility index (Phi) is 8.46. The topological polar surface area (TPSA) is 73.8 Å². The zero-order valence-corrected chi connectivity index (χ0v) is 15.9. The maximum atomic E-state index is 12.6. The molecule has 1 aliphatic rings. The van der Waals surface area contributed by atoms with Gasteiger partial charge in [0, 0.05) is 32.2 Å². The number of piperidine rings is 1. The highest BCUT2D eigenvalue weighted by atomic mass is 32.2. The van der Waals surface area contributed by atoms with Crippen LogP contribution in [0.5, 0.6) is 0 Å². The molecule has 0 unspecified atom stereocenters. The largest absolute Gasteiger partial charge is 0.511 e. The second-order valence-corrected chi connectivity index (χ2v) is 8.49. The quantitative estimate of drug-likeness (QED) is 0.400. The molecule has 0 radical (unpaired) electrons. The smallest absolute Gasteiger partial charge is 0.357 e. The van der Waals surface area contributed by atoms with Crippen LogP contribution in [0.1, 0.15) is 46.5 Å². The Bertz CT molecular complexity index is 527. The second kappa shape index (κ2) is 9.61. The molecule has 10 heteroatoms.